The van der Waals surface area contributed by atoms with E-state index in [1.807, 2.05) is 37.3 Å². The van der Waals surface area contributed by atoms with Crippen molar-refractivity contribution in [2.75, 3.05) is 12.4 Å². The smallest absolute Gasteiger partial charge is 0.348 e. The molecule has 184 valence electrons. The van der Waals surface area contributed by atoms with Crippen LogP contribution < -0.4 is 10.6 Å². The van der Waals surface area contributed by atoms with Crippen LogP contribution in [-0.4, -0.2) is 23.8 Å². The number of aliphatic hydroxyl groups is 1. The molecule has 2 unspecified atom stereocenters. The van der Waals surface area contributed by atoms with Crippen LogP contribution in [-0.2, 0) is 25.7 Å². The molecule has 5 rings (SSSR count). The van der Waals surface area contributed by atoms with Gasteiger partial charge in [-0.05, 0) is 67.8 Å². The first-order chi connectivity index (χ1) is 17.1. The van der Waals surface area contributed by atoms with Crippen LogP contribution in [0.1, 0.15) is 29.2 Å². The lowest BCUT2D eigenvalue weighted by molar-refractivity contribution is -0.120. The Morgan fingerprint density at radius 3 is 2.67 bits per heavy atom. The summed E-state index contributed by atoms with van der Waals surface area (Å²) >= 11 is 3.47. The number of carbonyl (C=O) groups excluding carboxylic acids is 1. The van der Waals surface area contributed by atoms with Crippen LogP contribution in [0.4, 0.5) is 10.1 Å². The second-order valence-corrected chi connectivity index (χ2v) is 12.2. The van der Waals surface area contributed by atoms with Gasteiger partial charge in [-0.15, -0.1) is 0 Å². The summed E-state index contributed by atoms with van der Waals surface area (Å²) in [4.78, 5) is 14.2. The second-order valence-electron chi connectivity index (χ2n) is 9.18. The lowest BCUT2D eigenvalue weighted by Gasteiger charge is -2.37. The van der Waals surface area contributed by atoms with Crippen molar-refractivity contribution in [2.45, 2.75) is 25.7 Å². The van der Waals surface area contributed by atoms with E-state index >= 15 is 0 Å². The van der Waals surface area contributed by atoms with Gasteiger partial charge in [0.1, 0.15) is 23.0 Å². The highest BCUT2D eigenvalue weighted by molar-refractivity contribution is 9.10. The van der Waals surface area contributed by atoms with Crippen molar-refractivity contribution in [1.29, 1.82) is 0 Å². The van der Waals surface area contributed by atoms with E-state index in [2.05, 4.69) is 26.0 Å². The molecule has 0 saturated heterocycles. The van der Waals surface area contributed by atoms with E-state index in [9.17, 15) is 18.9 Å². The molecular weight excluding hydrogens is 546 g/mol. The van der Waals surface area contributed by atoms with Gasteiger partial charge in [0.25, 0.3) is 0 Å². The number of nitrogens with one attached hydrogen (secondary N) is 1. The van der Waals surface area contributed by atoms with Crippen LogP contribution in [0.5, 0.6) is 0 Å². The van der Waals surface area contributed by atoms with Gasteiger partial charge in [0.2, 0.25) is 0 Å². The fraction of sp³-hybridized carbons (Fsp3) is 0.185. The second kappa shape index (κ2) is 8.80. The van der Waals surface area contributed by atoms with E-state index in [4.69, 9.17) is 4.52 Å². The number of rotatable bonds is 4. The van der Waals surface area contributed by atoms with Gasteiger partial charge in [-0.2, -0.15) is 4.76 Å². The molecular formula is C27H23BrFN2O4P. The third kappa shape index (κ3) is 3.94. The molecule has 3 aromatic rings. The lowest BCUT2D eigenvalue weighted by atomic mass is 9.66. The topological polar surface area (TPSA) is 88.0 Å². The molecule has 0 fully saturated rings. The number of hydrogen-bond acceptors (Lipinski definition) is 5. The average Bonchev–Trinajstić information content (AvgIpc) is 2.83. The molecule has 3 aromatic carbocycles. The van der Waals surface area contributed by atoms with Gasteiger partial charge >= 0.3 is 7.52 Å². The lowest BCUT2D eigenvalue weighted by Crippen LogP contribution is -2.44. The minimum absolute atomic E-state index is 0.0746. The van der Waals surface area contributed by atoms with Gasteiger partial charge < -0.3 is 14.9 Å². The highest BCUT2D eigenvalue weighted by atomic mass is 79.9. The molecule has 0 amide bonds. The zero-order valence-corrected chi connectivity index (χ0v) is 22.3. The molecule has 36 heavy (non-hydrogen) atoms. The van der Waals surface area contributed by atoms with Crippen molar-refractivity contribution < 1.29 is 23.4 Å². The molecule has 2 aliphatic rings. The fourth-order valence-corrected chi connectivity index (χ4v) is 6.90. The number of anilines is 1. The van der Waals surface area contributed by atoms with Gasteiger partial charge in [-0.1, -0.05) is 45.8 Å². The predicted octanol–water partition coefficient (Wildman–Crippen LogP) is 6.24. The Kier molecular flexibility index (Phi) is 6.02. The number of ketones is 1. The zero-order valence-electron chi connectivity index (χ0n) is 19.8. The van der Waals surface area contributed by atoms with Crippen molar-refractivity contribution in [3.63, 3.8) is 0 Å². The van der Waals surface area contributed by atoms with Crippen LogP contribution in [0, 0.1) is 12.7 Å². The molecule has 2 N–H and O–H groups in total. The van der Waals surface area contributed by atoms with Gasteiger partial charge in [0.05, 0.1) is 16.4 Å². The number of aryl methyl sites for hydroxylation is 1. The SMILES string of the molecule is COP1(=O)N=C(C2=C(O)c3cc(F)ccc3C(C)(Cc3cccc(Br)c3)C2=O)Nc2ccc(C)cc21. The number of carbonyl (C=O) groups is 1. The Morgan fingerprint density at radius 2 is 1.94 bits per heavy atom. The summed E-state index contributed by atoms with van der Waals surface area (Å²) in [6.45, 7) is 3.62. The maximum Gasteiger partial charge on any atom is 0.348 e. The Bertz CT molecular complexity index is 1550. The Hall–Kier alpha value is -3.06. The number of benzene rings is 3. The quantitative estimate of drug-likeness (QED) is 0.364. The summed E-state index contributed by atoms with van der Waals surface area (Å²) in [5.41, 5.74) is 1.56. The van der Waals surface area contributed by atoms with Crippen LogP contribution in [0.2, 0.25) is 0 Å². The minimum atomic E-state index is -3.75. The number of Topliss-reactive ketones (excluding diaryl/α,β-unsaturated/α-hetero) is 1. The minimum Gasteiger partial charge on any atom is -0.506 e. The number of aliphatic hydroxyl groups excluding tert-OH is 1. The van der Waals surface area contributed by atoms with E-state index < -0.39 is 30.3 Å². The third-order valence-corrected chi connectivity index (χ3v) is 9.10. The highest BCUT2D eigenvalue weighted by Crippen LogP contribution is 2.52. The molecule has 0 spiro atoms. The number of fused-ring (bicyclic) bond motifs is 2. The van der Waals surface area contributed by atoms with E-state index in [1.165, 1.54) is 25.3 Å². The number of hydrogen-bond donors (Lipinski definition) is 2. The van der Waals surface area contributed by atoms with E-state index in [1.54, 1.807) is 19.1 Å². The first kappa shape index (κ1) is 24.6. The maximum absolute atomic E-state index is 14.3. The summed E-state index contributed by atoms with van der Waals surface area (Å²) in [5, 5.41) is 14.7. The van der Waals surface area contributed by atoms with Crippen molar-refractivity contribution in [1.82, 2.24) is 0 Å². The Morgan fingerprint density at radius 1 is 1.17 bits per heavy atom. The number of amidine groups is 1. The monoisotopic (exact) mass is 568 g/mol. The van der Waals surface area contributed by atoms with Crippen LogP contribution in [0.3, 0.4) is 0 Å². The highest BCUT2D eigenvalue weighted by Gasteiger charge is 2.47. The van der Waals surface area contributed by atoms with Gasteiger partial charge in [-0.3, -0.25) is 9.36 Å². The normalized spacial score (nSPS) is 23.0. The number of halogens is 2. The van der Waals surface area contributed by atoms with Crippen LogP contribution in [0.25, 0.3) is 5.76 Å². The summed E-state index contributed by atoms with van der Waals surface area (Å²) in [7, 11) is -2.46. The van der Waals surface area contributed by atoms with Gasteiger partial charge in [-0.25, -0.2) is 4.39 Å². The van der Waals surface area contributed by atoms with Gasteiger partial charge in [0, 0.05) is 17.1 Å². The Labute approximate surface area is 216 Å². The molecule has 0 bridgehead atoms. The molecule has 0 radical (unpaired) electrons. The van der Waals surface area contributed by atoms with E-state index in [0.29, 0.717) is 16.6 Å². The van der Waals surface area contributed by atoms with Crippen molar-refractivity contribution >= 4 is 51.8 Å². The van der Waals surface area contributed by atoms with Crippen molar-refractivity contribution in [2.24, 2.45) is 4.76 Å². The largest absolute Gasteiger partial charge is 0.506 e. The summed E-state index contributed by atoms with van der Waals surface area (Å²) < 4.78 is 38.6. The molecule has 1 aliphatic heterocycles. The summed E-state index contributed by atoms with van der Waals surface area (Å²) in [6.07, 6.45) is 0.283. The molecule has 6 nitrogen and oxygen atoms in total. The van der Waals surface area contributed by atoms with Crippen molar-refractivity contribution in [3.05, 3.63) is 98.8 Å². The van der Waals surface area contributed by atoms with Gasteiger partial charge in [0.15, 0.2) is 5.78 Å². The molecule has 1 heterocycles. The molecule has 2 atom stereocenters. The first-order valence-corrected chi connectivity index (χ1v) is 13.6. The van der Waals surface area contributed by atoms with E-state index in [-0.39, 0.29) is 23.4 Å². The molecule has 9 heteroatoms. The van der Waals surface area contributed by atoms with Crippen LogP contribution in [0.15, 0.2) is 75.5 Å². The van der Waals surface area contributed by atoms with E-state index in [0.717, 1.165) is 15.6 Å². The molecule has 0 saturated carbocycles. The summed E-state index contributed by atoms with van der Waals surface area (Å²) in [5.74, 6) is -1.48. The fourth-order valence-electron chi connectivity index (χ4n) is 4.86. The maximum atomic E-state index is 14.3. The zero-order chi connectivity index (χ0) is 25.8. The summed E-state index contributed by atoms with van der Waals surface area (Å²) in [6, 6.07) is 16.8. The Balaban J connectivity index is 1.71. The first-order valence-electron chi connectivity index (χ1n) is 11.2. The standard InChI is InChI=1S/C27H23BrFN2O4P/c1-15-7-10-21-22(11-15)36(34,35-3)31-26(30-21)23-24(32)19-13-18(29)8-9-20(19)27(2,25(23)33)14-16-5-4-6-17(28)12-16/h4-13,32H,14H2,1-3H3,(H,30,31,34). The average molecular weight is 569 g/mol. The predicted molar refractivity (Wildman–Crippen MR) is 143 cm³/mol. The molecule has 0 aromatic heterocycles. The van der Waals surface area contributed by atoms with Crippen LogP contribution >= 0.6 is 23.4 Å². The number of nitrogens with zero attached hydrogens (tertiary/aromatic N) is 1. The molecule has 1 aliphatic carbocycles. The van der Waals surface area contributed by atoms with Crippen molar-refractivity contribution in [3.8, 4) is 0 Å². The third-order valence-electron chi connectivity index (χ3n) is 6.67.